The lowest BCUT2D eigenvalue weighted by molar-refractivity contribution is 0.113. The summed E-state index contributed by atoms with van der Waals surface area (Å²) in [6, 6.07) is 0. The Bertz CT molecular complexity index is 291. The van der Waals surface area contributed by atoms with E-state index < -0.39 is 0 Å². The summed E-state index contributed by atoms with van der Waals surface area (Å²) in [4.78, 5) is 4.24. The molecule has 0 aliphatic carbocycles. The topological polar surface area (TPSA) is 27.1 Å². The Morgan fingerprint density at radius 3 is 3.00 bits per heavy atom. The standard InChI is InChI=1S/C10H16N2O/c1-5-6-12-9(3)11-7-10(12)8(2)13-4/h5,7-8H,1,6H2,2-4H3. The SMILES string of the molecule is C=CCn1c(C(C)OC)cnc1C. The molecule has 1 heterocycles. The third kappa shape index (κ3) is 1.98. The Balaban J connectivity index is 2.99. The molecule has 0 bridgehead atoms. The van der Waals surface area contributed by atoms with Gasteiger partial charge in [-0.2, -0.15) is 0 Å². The van der Waals surface area contributed by atoms with Crippen LogP contribution >= 0.6 is 0 Å². The number of hydrogen-bond acceptors (Lipinski definition) is 2. The summed E-state index contributed by atoms with van der Waals surface area (Å²) in [5.41, 5.74) is 1.10. The minimum atomic E-state index is 0.0844. The smallest absolute Gasteiger partial charge is 0.106 e. The summed E-state index contributed by atoms with van der Waals surface area (Å²) >= 11 is 0. The van der Waals surface area contributed by atoms with Crippen molar-refractivity contribution in [2.24, 2.45) is 0 Å². The number of nitrogens with zero attached hydrogens (tertiary/aromatic N) is 2. The number of aryl methyl sites for hydroxylation is 1. The van der Waals surface area contributed by atoms with Gasteiger partial charge in [0.1, 0.15) is 5.82 Å². The normalized spacial score (nSPS) is 12.8. The molecule has 0 aliphatic rings. The molecular formula is C10H16N2O. The van der Waals surface area contributed by atoms with E-state index in [9.17, 15) is 0 Å². The van der Waals surface area contributed by atoms with Crippen LogP contribution in [-0.4, -0.2) is 16.7 Å². The number of aromatic nitrogens is 2. The number of rotatable bonds is 4. The van der Waals surface area contributed by atoms with Gasteiger partial charge in [0.05, 0.1) is 18.0 Å². The molecule has 0 N–H and O–H groups in total. The second-order valence-electron chi connectivity index (χ2n) is 3.01. The van der Waals surface area contributed by atoms with Gasteiger partial charge in [-0.15, -0.1) is 6.58 Å². The predicted molar refractivity (Wildman–Crippen MR) is 52.6 cm³/mol. The van der Waals surface area contributed by atoms with E-state index in [0.717, 1.165) is 18.1 Å². The van der Waals surface area contributed by atoms with E-state index in [0.29, 0.717) is 0 Å². The van der Waals surface area contributed by atoms with Gasteiger partial charge in [0, 0.05) is 13.7 Å². The molecule has 1 aromatic heterocycles. The van der Waals surface area contributed by atoms with Crippen LogP contribution in [-0.2, 0) is 11.3 Å². The van der Waals surface area contributed by atoms with Crippen molar-refractivity contribution in [2.45, 2.75) is 26.5 Å². The van der Waals surface area contributed by atoms with Crippen LogP contribution < -0.4 is 0 Å². The number of allylic oxidation sites excluding steroid dienone is 1. The average Bonchev–Trinajstić information content (AvgIpc) is 2.48. The number of ether oxygens (including phenoxy) is 1. The molecule has 13 heavy (non-hydrogen) atoms. The van der Waals surface area contributed by atoms with E-state index in [1.807, 2.05) is 26.1 Å². The van der Waals surface area contributed by atoms with Crippen molar-refractivity contribution in [3.8, 4) is 0 Å². The summed E-state index contributed by atoms with van der Waals surface area (Å²) in [6.07, 6.45) is 3.80. The van der Waals surface area contributed by atoms with E-state index >= 15 is 0 Å². The number of methoxy groups -OCH3 is 1. The lowest BCUT2D eigenvalue weighted by Crippen LogP contribution is -2.07. The van der Waals surface area contributed by atoms with Crippen LogP contribution in [0.4, 0.5) is 0 Å². The number of imidazole rings is 1. The van der Waals surface area contributed by atoms with Crippen molar-refractivity contribution in [2.75, 3.05) is 7.11 Å². The predicted octanol–water partition coefficient (Wildman–Crippen LogP) is 2.08. The Morgan fingerprint density at radius 2 is 2.46 bits per heavy atom. The van der Waals surface area contributed by atoms with Crippen LogP contribution in [0.3, 0.4) is 0 Å². The molecule has 0 fully saturated rings. The Hall–Kier alpha value is -1.09. The molecule has 3 heteroatoms. The van der Waals surface area contributed by atoms with Gasteiger partial charge >= 0.3 is 0 Å². The molecule has 0 saturated carbocycles. The first-order valence-electron chi connectivity index (χ1n) is 4.36. The van der Waals surface area contributed by atoms with E-state index in [4.69, 9.17) is 4.74 Å². The second-order valence-corrected chi connectivity index (χ2v) is 3.01. The summed E-state index contributed by atoms with van der Waals surface area (Å²) in [6.45, 7) is 8.49. The van der Waals surface area contributed by atoms with E-state index in [1.165, 1.54) is 0 Å². The minimum absolute atomic E-state index is 0.0844. The molecule has 0 aliphatic heterocycles. The lowest BCUT2D eigenvalue weighted by atomic mass is 10.3. The third-order valence-corrected chi connectivity index (χ3v) is 2.17. The highest BCUT2D eigenvalue weighted by molar-refractivity contribution is 5.08. The zero-order chi connectivity index (χ0) is 9.84. The van der Waals surface area contributed by atoms with Gasteiger partial charge in [0.25, 0.3) is 0 Å². The van der Waals surface area contributed by atoms with Crippen LogP contribution in [0, 0.1) is 6.92 Å². The van der Waals surface area contributed by atoms with Gasteiger partial charge in [-0.05, 0) is 13.8 Å². The average molecular weight is 180 g/mol. The molecule has 0 radical (unpaired) electrons. The third-order valence-electron chi connectivity index (χ3n) is 2.17. The van der Waals surface area contributed by atoms with E-state index in [2.05, 4.69) is 16.1 Å². The molecule has 0 aromatic carbocycles. The Morgan fingerprint density at radius 1 is 1.77 bits per heavy atom. The molecule has 1 atom stereocenters. The zero-order valence-electron chi connectivity index (χ0n) is 8.45. The van der Waals surface area contributed by atoms with Crippen LogP contribution in [0.2, 0.25) is 0 Å². The fourth-order valence-electron chi connectivity index (χ4n) is 1.30. The molecule has 0 spiro atoms. The maximum atomic E-state index is 5.24. The molecule has 3 nitrogen and oxygen atoms in total. The van der Waals surface area contributed by atoms with Gasteiger partial charge < -0.3 is 9.30 Å². The van der Waals surface area contributed by atoms with Crippen LogP contribution in [0.15, 0.2) is 18.9 Å². The fourth-order valence-corrected chi connectivity index (χ4v) is 1.30. The van der Waals surface area contributed by atoms with E-state index in [-0.39, 0.29) is 6.10 Å². The van der Waals surface area contributed by atoms with E-state index in [1.54, 1.807) is 7.11 Å². The van der Waals surface area contributed by atoms with Gasteiger partial charge in [-0.25, -0.2) is 4.98 Å². The van der Waals surface area contributed by atoms with Gasteiger partial charge in [0.15, 0.2) is 0 Å². The maximum Gasteiger partial charge on any atom is 0.106 e. The summed E-state index contributed by atoms with van der Waals surface area (Å²) in [7, 11) is 1.70. The van der Waals surface area contributed by atoms with Gasteiger partial charge in [-0.1, -0.05) is 6.08 Å². The lowest BCUT2D eigenvalue weighted by Gasteiger charge is -2.12. The van der Waals surface area contributed by atoms with Crippen molar-refractivity contribution < 1.29 is 4.74 Å². The Kier molecular flexibility index (Phi) is 3.25. The molecule has 1 aromatic rings. The van der Waals surface area contributed by atoms with Crippen LogP contribution in [0.5, 0.6) is 0 Å². The van der Waals surface area contributed by atoms with Crippen molar-refractivity contribution >= 4 is 0 Å². The first-order valence-corrected chi connectivity index (χ1v) is 4.36. The molecule has 0 saturated heterocycles. The van der Waals surface area contributed by atoms with Crippen molar-refractivity contribution in [1.29, 1.82) is 0 Å². The quantitative estimate of drug-likeness (QED) is 0.663. The fraction of sp³-hybridized carbons (Fsp3) is 0.500. The van der Waals surface area contributed by atoms with Crippen molar-refractivity contribution in [3.63, 3.8) is 0 Å². The largest absolute Gasteiger partial charge is 0.375 e. The summed E-state index contributed by atoms with van der Waals surface area (Å²) < 4.78 is 7.34. The van der Waals surface area contributed by atoms with Crippen molar-refractivity contribution in [1.82, 2.24) is 9.55 Å². The molecule has 72 valence electrons. The molecule has 1 unspecified atom stereocenters. The summed E-state index contributed by atoms with van der Waals surface area (Å²) in [5.74, 6) is 0.999. The second kappa shape index (κ2) is 4.23. The first kappa shape index (κ1) is 9.99. The highest BCUT2D eigenvalue weighted by atomic mass is 16.5. The minimum Gasteiger partial charge on any atom is -0.375 e. The summed E-state index contributed by atoms with van der Waals surface area (Å²) in [5, 5.41) is 0. The first-order chi connectivity index (χ1) is 6.20. The molecule has 1 rings (SSSR count). The molecule has 0 amide bonds. The Labute approximate surface area is 79.0 Å². The highest BCUT2D eigenvalue weighted by Gasteiger charge is 2.11. The number of hydrogen-bond donors (Lipinski definition) is 0. The van der Waals surface area contributed by atoms with Crippen LogP contribution in [0.25, 0.3) is 0 Å². The van der Waals surface area contributed by atoms with Crippen molar-refractivity contribution in [3.05, 3.63) is 30.4 Å². The molecular weight excluding hydrogens is 164 g/mol. The highest BCUT2D eigenvalue weighted by Crippen LogP contribution is 2.16. The van der Waals surface area contributed by atoms with Gasteiger partial charge in [0.2, 0.25) is 0 Å². The maximum absolute atomic E-state index is 5.24. The van der Waals surface area contributed by atoms with Gasteiger partial charge in [-0.3, -0.25) is 0 Å². The monoisotopic (exact) mass is 180 g/mol. The van der Waals surface area contributed by atoms with Crippen LogP contribution in [0.1, 0.15) is 24.5 Å². The zero-order valence-corrected chi connectivity index (χ0v) is 8.45.